The largest absolute Gasteiger partial charge is 0.366 e. The van der Waals surface area contributed by atoms with Crippen molar-refractivity contribution in [3.63, 3.8) is 0 Å². The van der Waals surface area contributed by atoms with E-state index in [9.17, 15) is 0 Å². The van der Waals surface area contributed by atoms with Crippen molar-refractivity contribution in [2.24, 2.45) is 0 Å². The van der Waals surface area contributed by atoms with E-state index in [2.05, 4.69) is 32.7 Å². The summed E-state index contributed by atoms with van der Waals surface area (Å²) in [5.41, 5.74) is 3.13. The molecule has 24 heavy (non-hydrogen) atoms. The Bertz CT molecular complexity index is 805. The molecule has 0 atom stereocenters. The number of anilines is 2. The summed E-state index contributed by atoms with van der Waals surface area (Å²) in [4.78, 5) is 8.95. The van der Waals surface area contributed by atoms with Crippen LogP contribution in [0.5, 0.6) is 0 Å². The van der Waals surface area contributed by atoms with Crippen molar-refractivity contribution in [2.75, 3.05) is 10.6 Å². The molecule has 1 aromatic heterocycles. The first-order chi connectivity index (χ1) is 11.7. The highest BCUT2D eigenvalue weighted by Gasteiger charge is 2.04. The van der Waals surface area contributed by atoms with Gasteiger partial charge < -0.3 is 10.6 Å². The molecule has 0 aliphatic rings. The van der Waals surface area contributed by atoms with Gasteiger partial charge in [-0.25, -0.2) is 4.98 Å². The van der Waals surface area contributed by atoms with Gasteiger partial charge in [0.15, 0.2) is 0 Å². The lowest BCUT2D eigenvalue weighted by atomic mass is 10.2. The van der Waals surface area contributed by atoms with Crippen LogP contribution in [0.25, 0.3) is 0 Å². The van der Waals surface area contributed by atoms with E-state index in [1.54, 1.807) is 0 Å². The molecular weight excluding hydrogens is 320 g/mol. The molecule has 4 nitrogen and oxygen atoms in total. The third-order valence-electron chi connectivity index (χ3n) is 3.57. The highest BCUT2D eigenvalue weighted by molar-refractivity contribution is 6.31. The van der Waals surface area contributed by atoms with Crippen LogP contribution >= 0.6 is 11.6 Å². The van der Waals surface area contributed by atoms with Gasteiger partial charge in [0.25, 0.3) is 0 Å². The molecule has 0 bridgehead atoms. The van der Waals surface area contributed by atoms with E-state index < -0.39 is 0 Å². The van der Waals surface area contributed by atoms with Crippen LogP contribution in [0.15, 0.2) is 60.7 Å². The predicted octanol–water partition coefficient (Wildman–Crippen LogP) is 4.66. The second kappa shape index (κ2) is 7.79. The first-order valence-electron chi connectivity index (χ1n) is 7.81. The molecule has 5 heteroatoms. The van der Waals surface area contributed by atoms with Gasteiger partial charge >= 0.3 is 0 Å². The standard InChI is InChI=1S/C19H19ClN4/c1-14-11-18(21-13-16-9-5-6-10-17(16)20)24-19(23-14)22-12-15-7-3-2-4-8-15/h2-11H,12-13H2,1H3,(H2,21,22,23,24). The maximum atomic E-state index is 6.19. The fourth-order valence-electron chi connectivity index (χ4n) is 2.34. The van der Waals surface area contributed by atoms with Crippen molar-refractivity contribution >= 4 is 23.4 Å². The van der Waals surface area contributed by atoms with Crippen LogP contribution < -0.4 is 10.6 Å². The van der Waals surface area contributed by atoms with Gasteiger partial charge in [-0.2, -0.15) is 4.98 Å². The van der Waals surface area contributed by atoms with Gasteiger partial charge in [-0.1, -0.05) is 60.1 Å². The molecule has 0 aliphatic heterocycles. The molecular formula is C19H19ClN4. The molecule has 2 N–H and O–H groups in total. The van der Waals surface area contributed by atoms with E-state index >= 15 is 0 Å². The van der Waals surface area contributed by atoms with Crippen LogP contribution in [-0.2, 0) is 13.1 Å². The molecule has 3 rings (SSSR count). The van der Waals surface area contributed by atoms with Crippen LogP contribution in [0.4, 0.5) is 11.8 Å². The molecule has 2 aromatic carbocycles. The molecule has 0 saturated heterocycles. The minimum atomic E-state index is 0.612. The molecule has 1 heterocycles. The fraction of sp³-hybridized carbons (Fsp3) is 0.158. The fourth-order valence-corrected chi connectivity index (χ4v) is 2.55. The molecule has 0 spiro atoms. The van der Waals surface area contributed by atoms with E-state index in [0.29, 0.717) is 19.0 Å². The van der Waals surface area contributed by atoms with Crippen LogP contribution in [0.2, 0.25) is 5.02 Å². The lowest BCUT2D eigenvalue weighted by molar-refractivity contribution is 1.01. The molecule has 0 unspecified atom stereocenters. The highest BCUT2D eigenvalue weighted by Crippen LogP contribution is 2.17. The second-order valence-electron chi connectivity index (χ2n) is 5.50. The third kappa shape index (κ3) is 4.46. The number of hydrogen-bond donors (Lipinski definition) is 2. The maximum Gasteiger partial charge on any atom is 0.225 e. The van der Waals surface area contributed by atoms with E-state index in [0.717, 1.165) is 22.1 Å². The first-order valence-corrected chi connectivity index (χ1v) is 8.19. The predicted molar refractivity (Wildman–Crippen MR) is 99.3 cm³/mol. The zero-order valence-corrected chi connectivity index (χ0v) is 14.2. The SMILES string of the molecule is Cc1cc(NCc2ccccc2Cl)nc(NCc2ccccc2)n1. The van der Waals surface area contributed by atoms with Crippen LogP contribution in [0.1, 0.15) is 16.8 Å². The van der Waals surface area contributed by atoms with Gasteiger partial charge in [0.05, 0.1) is 0 Å². The van der Waals surface area contributed by atoms with Gasteiger partial charge in [0, 0.05) is 29.9 Å². The average molecular weight is 339 g/mol. The summed E-state index contributed by atoms with van der Waals surface area (Å²) in [5.74, 6) is 1.39. The van der Waals surface area contributed by atoms with Crippen LogP contribution in [0.3, 0.4) is 0 Å². The molecule has 0 aliphatic carbocycles. The summed E-state index contributed by atoms with van der Waals surface area (Å²) < 4.78 is 0. The van der Waals surface area contributed by atoms with E-state index in [1.807, 2.05) is 55.5 Å². The molecule has 0 radical (unpaired) electrons. The minimum Gasteiger partial charge on any atom is -0.366 e. The van der Waals surface area contributed by atoms with Crippen molar-refractivity contribution in [3.05, 3.63) is 82.5 Å². The zero-order valence-electron chi connectivity index (χ0n) is 13.5. The van der Waals surface area contributed by atoms with Crippen molar-refractivity contribution < 1.29 is 0 Å². The number of nitrogens with one attached hydrogen (secondary N) is 2. The van der Waals surface area contributed by atoms with Gasteiger partial charge in [-0.15, -0.1) is 0 Å². The lowest BCUT2D eigenvalue weighted by Crippen LogP contribution is -2.08. The number of aryl methyl sites for hydroxylation is 1. The third-order valence-corrected chi connectivity index (χ3v) is 3.93. The number of nitrogens with zero attached hydrogens (tertiary/aromatic N) is 2. The number of halogens is 1. The van der Waals surface area contributed by atoms with E-state index in [4.69, 9.17) is 11.6 Å². The summed E-state index contributed by atoms with van der Waals surface area (Å²) in [7, 11) is 0. The van der Waals surface area contributed by atoms with Crippen molar-refractivity contribution in [1.82, 2.24) is 9.97 Å². The summed E-state index contributed by atoms with van der Waals surface area (Å²) in [6.07, 6.45) is 0. The highest BCUT2D eigenvalue weighted by atomic mass is 35.5. The number of hydrogen-bond acceptors (Lipinski definition) is 4. The first kappa shape index (κ1) is 16.3. The molecule has 0 amide bonds. The quantitative estimate of drug-likeness (QED) is 0.686. The summed E-state index contributed by atoms with van der Waals surface area (Å²) in [5, 5.41) is 7.32. The Hall–Kier alpha value is -2.59. The molecule has 3 aromatic rings. The summed E-state index contributed by atoms with van der Waals surface area (Å²) in [6.45, 7) is 3.26. The lowest BCUT2D eigenvalue weighted by Gasteiger charge is -2.11. The Morgan fingerprint density at radius 3 is 2.42 bits per heavy atom. The average Bonchev–Trinajstić information content (AvgIpc) is 2.60. The monoisotopic (exact) mass is 338 g/mol. The Kier molecular flexibility index (Phi) is 5.29. The van der Waals surface area contributed by atoms with Gasteiger partial charge in [0.1, 0.15) is 5.82 Å². The number of rotatable bonds is 6. The van der Waals surface area contributed by atoms with Crippen molar-refractivity contribution in [1.29, 1.82) is 0 Å². The normalized spacial score (nSPS) is 10.4. The van der Waals surface area contributed by atoms with Crippen molar-refractivity contribution in [2.45, 2.75) is 20.0 Å². The zero-order chi connectivity index (χ0) is 16.8. The Morgan fingerprint density at radius 2 is 1.62 bits per heavy atom. The Balaban J connectivity index is 1.66. The van der Waals surface area contributed by atoms with Crippen LogP contribution in [-0.4, -0.2) is 9.97 Å². The minimum absolute atomic E-state index is 0.612. The smallest absolute Gasteiger partial charge is 0.225 e. The number of benzene rings is 2. The second-order valence-corrected chi connectivity index (χ2v) is 5.91. The van der Waals surface area contributed by atoms with Gasteiger partial charge in [-0.3, -0.25) is 0 Å². The molecule has 0 fully saturated rings. The summed E-state index contributed by atoms with van der Waals surface area (Å²) >= 11 is 6.19. The van der Waals surface area contributed by atoms with E-state index in [-0.39, 0.29) is 0 Å². The topological polar surface area (TPSA) is 49.8 Å². The van der Waals surface area contributed by atoms with Crippen molar-refractivity contribution in [3.8, 4) is 0 Å². The maximum absolute atomic E-state index is 6.19. The van der Waals surface area contributed by atoms with Crippen LogP contribution in [0, 0.1) is 6.92 Å². The van der Waals surface area contributed by atoms with Gasteiger partial charge in [-0.05, 0) is 24.1 Å². The molecule has 0 saturated carbocycles. The number of aromatic nitrogens is 2. The molecule has 122 valence electrons. The Morgan fingerprint density at radius 1 is 0.875 bits per heavy atom. The van der Waals surface area contributed by atoms with Gasteiger partial charge in [0.2, 0.25) is 5.95 Å². The Labute approximate surface area is 146 Å². The summed E-state index contributed by atoms with van der Waals surface area (Å²) in [6, 6.07) is 19.9. The van der Waals surface area contributed by atoms with E-state index in [1.165, 1.54) is 5.56 Å².